The van der Waals surface area contributed by atoms with Crippen molar-refractivity contribution in [3.05, 3.63) is 18.2 Å². The van der Waals surface area contributed by atoms with Gasteiger partial charge >= 0.3 is 0 Å². The predicted molar refractivity (Wildman–Crippen MR) is 50.9 cm³/mol. The first-order valence-electron chi connectivity index (χ1n) is 3.74. The summed E-state index contributed by atoms with van der Waals surface area (Å²) in [5.41, 5.74) is 0. The Labute approximate surface area is 82.5 Å². The minimum absolute atomic E-state index is 0.0839. The lowest BCUT2D eigenvalue weighted by molar-refractivity contribution is 0.347. The number of primary sulfonamides is 1. The molecule has 0 aliphatic heterocycles. The third kappa shape index (κ3) is 1.97. The van der Waals surface area contributed by atoms with Crippen molar-refractivity contribution < 1.29 is 17.9 Å². The molecule has 0 atom stereocenters. The van der Waals surface area contributed by atoms with Gasteiger partial charge in [0.25, 0.3) is 0 Å². The summed E-state index contributed by atoms with van der Waals surface area (Å²) in [5.74, 6) is 0.455. The van der Waals surface area contributed by atoms with Crippen LogP contribution in [0.5, 0.6) is 11.5 Å². The van der Waals surface area contributed by atoms with E-state index < -0.39 is 10.0 Å². The van der Waals surface area contributed by atoms with Crippen LogP contribution in [0.15, 0.2) is 23.1 Å². The molecular formula is C8H11NO4S. The Morgan fingerprint density at radius 1 is 1.21 bits per heavy atom. The second kappa shape index (κ2) is 3.85. The van der Waals surface area contributed by atoms with E-state index in [0.717, 1.165) is 0 Å². The van der Waals surface area contributed by atoms with Gasteiger partial charge < -0.3 is 9.47 Å². The van der Waals surface area contributed by atoms with Crippen LogP contribution in [-0.4, -0.2) is 22.6 Å². The molecule has 0 radical (unpaired) electrons. The highest BCUT2D eigenvalue weighted by atomic mass is 32.2. The van der Waals surface area contributed by atoms with E-state index in [1.807, 2.05) is 0 Å². The Balaban J connectivity index is 3.45. The number of methoxy groups -OCH3 is 2. The minimum Gasteiger partial charge on any atom is -0.493 e. The molecule has 0 heterocycles. The first-order valence-corrected chi connectivity index (χ1v) is 5.29. The van der Waals surface area contributed by atoms with Crippen LogP contribution >= 0.6 is 0 Å². The lowest BCUT2D eigenvalue weighted by Crippen LogP contribution is -2.13. The van der Waals surface area contributed by atoms with Crippen molar-refractivity contribution >= 4 is 10.0 Å². The normalized spacial score (nSPS) is 11.1. The number of para-hydroxylation sites is 1. The van der Waals surface area contributed by atoms with Crippen LogP contribution in [0.25, 0.3) is 0 Å². The highest BCUT2D eigenvalue weighted by Gasteiger charge is 2.17. The van der Waals surface area contributed by atoms with Gasteiger partial charge in [0, 0.05) is 0 Å². The largest absolute Gasteiger partial charge is 0.493 e. The molecule has 1 aromatic rings. The van der Waals surface area contributed by atoms with Gasteiger partial charge in [-0.3, -0.25) is 0 Å². The van der Waals surface area contributed by atoms with Gasteiger partial charge in [-0.1, -0.05) is 6.07 Å². The summed E-state index contributed by atoms with van der Waals surface area (Å²) < 4.78 is 32.1. The van der Waals surface area contributed by atoms with E-state index in [2.05, 4.69) is 0 Å². The Hall–Kier alpha value is -1.27. The average Bonchev–Trinajstić information content (AvgIpc) is 2.15. The van der Waals surface area contributed by atoms with E-state index in [1.165, 1.54) is 26.4 Å². The van der Waals surface area contributed by atoms with Gasteiger partial charge in [-0.25, -0.2) is 13.6 Å². The van der Waals surface area contributed by atoms with Crippen LogP contribution < -0.4 is 14.6 Å². The summed E-state index contributed by atoms with van der Waals surface area (Å²) in [6.07, 6.45) is 0. The second-order valence-electron chi connectivity index (χ2n) is 2.54. The van der Waals surface area contributed by atoms with E-state index in [0.29, 0.717) is 5.75 Å². The Kier molecular flexibility index (Phi) is 2.97. The van der Waals surface area contributed by atoms with E-state index in [4.69, 9.17) is 14.6 Å². The average molecular weight is 217 g/mol. The summed E-state index contributed by atoms with van der Waals surface area (Å²) in [6.45, 7) is 0. The van der Waals surface area contributed by atoms with Crippen LogP contribution in [0.2, 0.25) is 0 Å². The van der Waals surface area contributed by atoms with Crippen molar-refractivity contribution in [2.75, 3.05) is 14.2 Å². The molecule has 0 spiro atoms. The molecule has 2 N–H and O–H groups in total. The fourth-order valence-electron chi connectivity index (χ4n) is 1.08. The number of ether oxygens (including phenoxy) is 2. The maximum Gasteiger partial charge on any atom is 0.241 e. The first-order chi connectivity index (χ1) is 6.50. The molecule has 0 aromatic heterocycles. The molecule has 0 unspecified atom stereocenters. The molecule has 0 saturated heterocycles. The quantitative estimate of drug-likeness (QED) is 0.792. The molecule has 14 heavy (non-hydrogen) atoms. The number of hydrogen-bond donors (Lipinski definition) is 1. The maximum atomic E-state index is 11.1. The molecular weight excluding hydrogens is 206 g/mol. The fourth-order valence-corrected chi connectivity index (χ4v) is 1.79. The monoisotopic (exact) mass is 217 g/mol. The third-order valence-corrected chi connectivity index (χ3v) is 2.61. The summed E-state index contributed by atoms with van der Waals surface area (Å²) >= 11 is 0. The molecule has 0 bridgehead atoms. The zero-order valence-electron chi connectivity index (χ0n) is 7.85. The van der Waals surface area contributed by atoms with Gasteiger partial charge in [0.05, 0.1) is 14.2 Å². The summed E-state index contributed by atoms with van der Waals surface area (Å²) in [7, 11) is -1.01. The number of benzene rings is 1. The molecule has 78 valence electrons. The van der Waals surface area contributed by atoms with Crippen molar-refractivity contribution in [2.45, 2.75) is 4.90 Å². The van der Waals surface area contributed by atoms with Gasteiger partial charge in [-0.2, -0.15) is 0 Å². The van der Waals surface area contributed by atoms with Gasteiger partial charge in [0.1, 0.15) is 4.90 Å². The third-order valence-electron chi connectivity index (χ3n) is 1.67. The topological polar surface area (TPSA) is 78.6 Å². The first kappa shape index (κ1) is 10.8. The van der Waals surface area contributed by atoms with Crippen molar-refractivity contribution in [1.29, 1.82) is 0 Å². The molecule has 1 rings (SSSR count). The minimum atomic E-state index is -3.78. The number of rotatable bonds is 3. The smallest absolute Gasteiger partial charge is 0.241 e. The van der Waals surface area contributed by atoms with Gasteiger partial charge in [0.15, 0.2) is 11.5 Å². The Morgan fingerprint density at radius 2 is 1.86 bits per heavy atom. The fraction of sp³-hybridized carbons (Fsp3) is 0.250. The van der Waals surface area contributed by atoms with Crippen LogP contribution in [0, 0.1) is 0 Å². The molecule has 0 amide bonds. The molecule has 0 aliphatic rings. The molecule has 5 nitrogen and oxygen atoms in total. The van der Waals surface area contributed by atoms with Crippen LogP contribution in [0.3, 0.4) is 0 Å². The van der Waals surface area contributed by atoms with Crippen molar-refractivity contribution in [2.24, 2.45) is 5.14 Å². The summed E-state index contributed by atoms with van der Waals surface area (Å²) in [5, 5.41) is 4.99. The van der Waals surface area contributed by atoms with E-state index >= 15 is 0 Å². The van der Waals surface area contributed by atoms with Crippen LogP contribution in [-0.2, 0) is 10.0 Å². The van der Waals surface area contributed by atoms with Gasteiger partial charge in [-0.05, 0) is 12.1 Å². The SMILES string of the molecule is COc1cccc(S(N)(=O)=O)c1OC. The zero-order valence-corrected chi connectivity index (χ0v) is 8.67. The molecule has 0 aliphatic carbocycles. The van der Waals surface area contributed by atoms with E-state index in [-0.39, 0.29) is 10.6 Å². The maximum absolute atomic E-state index is 11.1. The zero-order chi connectivity index (χ0) is 10.8. The predicted octanol–water partition coefficient (Wildman–Crippen LogP) is 0.351. The van der Waals surface area contributed by atoms with E-state index in [1.54, 1.807) is 6.07 Å². The lowest BCUT2D eigenvalue weighted by atomic mass is 10.3. The Bertz CT molecular complexity index is 427. The molecule has 0 saturated carbocycles. The number of hydrogen-bond acceptors (Lipinski definition) is 4. The molecule has 6 heteroatoms. The number of sulfonamides is 1. The molecule has 0 fully saturated rings. The van der Waals surface area contributed by atoms with Crippen molar-refractivity contribution in [1.82, 2.24) is 0 Å². The standard InChI is InChI=1S/C8H11NO4S/c1-12-6-4-3-5-7(8(6)13-2)14(9,10)11/h3-5H,1-2H3,(H2,9,10,11). The lowest BCUT2D eigenvalue weighted by Gasteiger charge is -2.10. The van der Waals surface area contributed by atoms with E-state index in [9.17, 15) is 8.42 Å². The number of nitrogens with two attached hydrogens (primary N) is 1. The van der Waals surface area contributed by atoms with Crippen LogP contribution in [0.4, 0.5) is 0 Å². The van der Waals surface area contributed by atoms with Gasteiger partial charge in [0.2, 0.25) is 10.0 Å². The second-order valence-corrected chi connectivity index (χ2v) is 4.07. The highest BCUT2D eigenvalue weighted by Crippen LogP contribution is 2.32. The highest BCUT2D eigenvalue weighted by molar-refractivity contribution is 7.89. The van der Waals surface area contributed by atoms with Gasteiger partial charge in [-0.15, -0.1) is 0 Å². The summed E-state index contributed by atoms with van der Waals surface area (Å²) in [4.78, 5) is -0.0839. The molecule has 1 aromatic carbocycles. The van der Waals surface area contributed by atoms with Crippen molar-refractivity contribution in [3.63, 3.8) is 0 Å². The van der Waals surface area contributed by atoms with Crippen LogP contribution in [0.1, 0.15) is 0 Å². The summed E-state index contributed by atoms with van der Waals surface area (Å²) in [6, 6.07) is 4.48. The van der Waals surface area contributed by atoms with Crippen molar-refractivity contribution in [3.8, 4) is 11.5 Å². The Morgan fingerprint density at radius 3 is 2.29 bits per heavy atom.